The van der Waals surface area contributed by atoms with Gasteiger partial charge in [0.15, 0.2) is 0 Å². The van der Waals surface area contributed by atoms with Gasteiger partial charge in [0.05, 0.1) is 18.7 Å². The number of methoxy groups -OCH3 is 1. The maximum Gasteiger partial charge on any atom is 0.295 e. The fourth-order valence-electron chi connectivity index (χ4n) is 2.26. The van der Waals surface area contributed by atoms with Gasteiger partial charge in [-0.3, -0.25) is 14.5 Å². The van der Waals surface area contributed by atoms with E-state index in [-0.39, 0.29) is 17.8 Å². The second-order valence-corrected chi connectivity index (χ2v) is 7.47. The van der Waals surface area contributed by atoms with Crippen LogP contribution in [-0.4, -0.2) is 29.8 Å². The Morgan fingerprint density at radius 1 is 1.20 bits per heavy atom. The van der Waals surface area contributed by atoms with Crippen molar-refractivity contribution in [2.75, 3.05) is 19.1 Å². The fraction of sp³-hybridized carbons (Fsp3) is 0.111. The van der Waals surface area contributed by atoms with E-state index in [2.05, 4.69) is 27.9 Å². The zero-order valence-corrected chi connectivity index (χ0v) is 16.3. The SMILES string of the molecule is COc1cccc(/C=C2\SC(=O)N(CNc3ccc(I)cc3)C2=O)c1. The number of hydrogen-bond donors (Lipinski definition) is 1. The number of hydrogen-bond acceptors (Lipinski definition) is 5. The lowest BCUT2D eigenvalue weighted by Gasteiger charge is -2.14. The summed E-state index contributed by atoms with van der Waals surface area (Å²) in [6.07, 6.45) is 1.71. The van der Waals surface area contributed by atoms with Crippen LogP contribution in [0.15, 0.2) is 53.4 Å². The number of ether oxygens (including phenoxy) is 1. The summed E-state index contributed by atoms with van der Waals surface area (Å²) >= 11 is 3.17. The van der Waals surface area contributed by atoms with E-state index in [0.29, 0.717) is 10.7 Å². The van der Waals surface area contributed by atoms with Gasteiger partial charge >= 0.3 is 0 Å². The molecule has 0 bridgehead atoms. The average Bonchev–Trinajstić information content (AvgIpc) is 2.88. The number of carbonyl (C=O) groups excluding carboxylic acids is 2. The van der Waals surface area contributed by atoms with Crippen molar-refractivity contribution in [3.8, 4) is 5.75 Å². The third kappa shape index (κ3) is 4.35. The van der Waals surface area contributed by atoms with Crippen molar-refractivity contribution in [2.24, 2.45) is 0 Å². The number of halogens is 1. The molecule has 1 aliphatic heterocycles. The van der Waals surface area contributed by atoms with E-state index in [4.69, 9.17) is 4.74 Å². The molecule has 25 heavy (non-hydrogen) atoms. The molecule has 0 spiro atoms. The van der Waals surface area contributed by atoms with Crippen LogP contribution < -0.4 is 10.1 Å². The first-order chi connectivity index (χ1) is 12.1. The molecule has 7 heteroatoms. The molecule has 0 unspecified atom stereocenters. The Morgan fingerprint density at radius 2 is 1.96 bits per heavy atom. The lowest BCUT2D eigenvalue weighted by Crippen LogP contribution is -2.33. The summed E-state index contributed by atoms with van der Waals surface area (Å²) in [5.74, 6) is 0.407. The number of nitrogens with zero attached hydrogens (tertiary/aromatic N) is 1. The number of rotatable bonds is 5. The zero-order valence-electron chi connectivity index (χ0n) is 13.4. The van der Waals surface area contributed by atoms with E-state index >= 15 is 0 Å². The maximum atomic E-state index is 12.5. The summed E-state index contributed by atoms with van der Waals surface area (Å²) in [5.41, 5.74) is 1.67. The third-order valence-corrected chi connectivity index (χ3v) is 5.18. The van der Waals surface area contributed by atoms with Crippen LogP contribution in [-0.2, 0) is 4.79 Å². The van der Waals surface area contributed by atoms with E-state index in [1.807, 2.05) is 48.5 Å². The largest absolute Gasteiger partial charge is 0.497 e. The van der Waals surface area contributed by atoms with Crippen molar-refractivity contribution in [3.63, 3.8) is 0 Å². The molecule has 2 amide bonds. The molecule has 0 atom stereocenters. The zero-order chi connectivity index (χ0) is 17.8. The summed E-state index contributed by atoms with van der Waals surface area (Å²) in [4.78, 5) is 26.2. The van der Waals surface area contributed by atoms with E-state index in [9.17, 15) is 9.59 Å². The van der Waals surface area contributed by atoms with Crippen LogP contribution in [0.1, 0.15) is 5.56 Å². The molecule has 5 nitrogen and oxygen atoms in total. The number of thioether (sulfide) groups is 1. The summed E-state index contributed by atoms with van der Waals surface area (Å²) < 4.78 is 6.30. The Hall–Kier alpha value is -2.00. The lowest BCUT2D eigenvalue weighted by atomic mass is 10.2. The van der Waals surface area contributed by atoms with E-state index in [1.165, 1.54) is 4.90 Å². The second-order valence-electron chi connectivity index (χ2n) is 5.23. The van der Waals surface area contributed by atoms with Crippen LogP contribution in [0, 0.1) is 3.57 Å². The molecule has 128 valence electrons. The highest BCUT2D eigenvalue weighted by Gasteiger charge is 2.34. The highest BCUT2D eigenvalue weighted by atomic mass is 127. The first-order valence-electron chi connectivity index (χ1n) is 7.45. The number of imide groups is 1. The van der Waals surface area contributed by atoms with Crippen molar-refractivity contribution in [3.05, 3.63) is 62.6 Å². The van der Waals surface area contributed by atoms with Gasteiger partial charge in [-0.05, 0) is 82.4 Å². The first kappa shape index (κ1) is 17.8. The van der Waals surface area contributed by atoms with Crippen LogP contribution in [0.4, 0.5) is 10.5 Å². The molecule has 0 aromatic heterocycles. The van der Waals surface area contributed by atoms with Gasteiger partial charge in [0.25, 0.3) is 11.1 Å². The molecule has 1 aliphatic rings. The van der Waals surface area contributed by atoms with Gasteiger partial charge in [-0.25, -0.2) is 0 Å². The van der Waals surface area contributed by atoms with Gasteiger partial charge in [0, 0.05) is 9.26 Å². The molecule has 1 fully saturated rings. The van der Waals surface area contributed by atoms with Crippen molar-refractivity contribution < 1.29 is 14.3 Å². The number of benzene rings is 2. The summed E-state index contributed by atoms with van der Waals surface area (Å²) in [6, 6.07) is 15.1. The molecule has 0 radical (unpaired) electrons. The molecule has 0 saturated carbocycles. The number of carbonyl (C=O) groups is 2. The quantitative estimate of drug-likeness (QED) is 0.523. The van der Waals surface area contributed by atoms with Gasteiger partial charge < -0.3 is 10.1 Å². The Labute approximate surface area is 163 Å². The summed E-state index contributed by atoms with van der Waals surface area (Å²) in [6.45, 7) is 0.140. The van der Waals surface area contributed by atoms with Crippen LogP contribution in [0.3, 0.4) is 0 Å². The minimum absolute atomic E-state index is 0.140. The number of nitrogens with one attached hydrogen (secondary N) is 1. The van der Waals surface area contributed by atoms with Crippen LogP contribution >= 0.6 is 34.4 Å². The van der Waals surface area contributed by atoms with Crippen LogP contribution in [0.25, 0.3) is 6.08 Å². The monoisotopic (exact) mass is 466 g/mol. The molecular weight excluding hydrogens is 451 g/mol. The topological polar surface area (TPSA) is 58.6 Å². The number of amides is 2. The van der Waals surface area contributed by atoms with Crippen molar-refractivity contribution >= 4 is 57.3 Å². The van der Waals surface area contributed by atoms with Crippen molar-refractivity contribution in [1.82, 2.24) is 4.90 Å². The van der Waals surface area contributed by atoms with Crippen molar-refractivity contribution in [1.29, 1.82) is 0 Å². The maximum absolute atomic E-state index is 12.5. The first-order valence-corrected chi connectivity index (χ1v) is 9.35. The molecule has 2 aromatic carbocycles. The predicted molar refractivity (Wildman–Crippen MR) is 108 cm³/mol. The standard InChI is InChI=1S/C18H15IN2O3S/c1-24-15-4-2-3-12(9-15)10-16-17(22)21(18(23)25-16)11-20-14-7-5-13(19)6-8-14/h2-10,20H,11H2,1H3/b16-10-. The summed E-state index contributed by atoms with van der Waals surface area (Å²) in [5, 5.41) is 2.82. The Balaban J connectivity index is 1.71. The van der Waals surface area contributed by atoms with Gasteiger partial charge in [0.1, 0.15) is 5.75 Å². The Kier molecular flexibility index (Phi) is 5.64. The average molecular weight is 466 g/mol. The number of anilines is 1. The predicted octanol–water partition coefficient (Wildman–Crippen LogP) is 4.41. The van der Waals surface area contributed by atoms with E-state index < -0.39 is 0 Å². The van der Waals surface area contributed by atoms with Gasteiger partial charge in [-0.15, -0.1) is 0 Å². The van der Waals surface area contributed by atoms with E-state index in [0.717, 1.165) is 26.6 Å². The fourth-order valence-corrected chi connectivity index (χ4v) is 3.45. The van der Waals surface area contributed by atoms with Crippen LogP contribution in [0.2, 0.25) is 0 Å². The second kappa shape index (κ2) is 7.92. The molecular formula is C18H15IN2O3S. The summed E-state index contributed by atoms with van der Waals surface area (Å²) in [7, 11) is 1.59. The Morgan fingerprint density at radius 3 is 2.68 bits per heavy atom. The van der Waals surface area contributed by atoms with Gasteiger partial charge in [0.2, 0.25) is 0 Å². The Bertz CT molecular complexity index is 836. The molecule has 1 N–H and O–H groups in total. The van der Waals surface area contributed by atoms with Crippen LogP contribution in [0.5, 0.6) is 5.75 Å². The minimum atomic E-state index is -0.296. The van der Waals surface area contributed by atoms with E-state index in [1.54, 1.807) is 13.2 Å². The highest BCUT2D eigenvalue weighted by Crippen LogP contribution is 2.32. The smallest absolute Gasteiger partial charge is 0.295 e. The molecule has 2 aromatic rings. The lowest BCUT2D eigenvalue weighted by molar-refractivity contribution is -0.122. The molecule has 1 heterocycles. The highest BCUT2D eigenvalue weighted by molar-refractivity contribution is 14.1. The minimum Gasteiger partial charge on any atom is -0.497 e. The third-order valence-electron chi connectivity index (χ3n) is 3.55. The van der Waals surface area contributed by atoms with Gasteiger partial charge in [-0.1, -0.05) is 12.1 Å². The normalized spacial score (nSPS) is 15.8. The van der Waals surface area contributed by atoms with Gasteiger partial charge in [-0.2, -0.15) is 0 Å². The molecule has 1 saturated heterocycles. The molecule has 3 rings (SSSR count). The van der Waals surface area contributed by atoms with Crippen molar-refractivity contribution in [2.45, 2.75) is 0 Å². The molecule has 0 aliphatic carbocycles.